The van der Waals surface area contributed by atoms with Gasteiger partial charge in [0.1, 0.15) is 10.8 Å². The lowest BCUT2D eigenvalue weighted by atomic mass is 10.2. The molecule has 2 N–H and O–H groups in total. The fourth-order valence-electron chi connectivity index (χ4n) is 1.95. The third-order valence-corrected chi connectivity index (χ3v) is 3.56. The van der Waals surface area contributed by atoms with Gasteiger partial charge in [0, 0.05) is 18.3 Å². The summed E-state index contributed by atoms with van der Waals surface area (Å²) < 4.78 is 5.06. The number of rotatable bonds is 7. The molecular formula is C16H16ClN3O4. The maximum atomic E-state index is 11.8. The van der Waals surface area contributed by atoms with Crippen molar-refractivity contribution in [1.82, 2.24) is 5.32 Å². The van der Waals surface area contributed by atoms with Crippen LogP contribution in [0, 0.1) is 10.1 Å². The standard InChI is InChI=1S/C16H16ClN3O4/c1-24-13-5-2-11(3-6-13)9-19-16(21)10-18-12-4-7-14(17)15(8-12)20(22)23/h2-8,18H,9-10H2,1H3,(H,19,21). The molecule has 0 aliphatic rings. The van der Waals surface area contributed by atoms with Crippen molar-refractivity contribution in [3.05, 3.63) is 63.2 Å². The predicted molar refractivity (Wildman–Crippen MR) is 91.4 cm³/mol. The second kappa shape index (κ2) is 8.16. The van der Waals surface area contributed by atoms with Gasteiger partial charge in [0.25, 0.3) is 5.69 Å². The van der Waals surface area contributed by atoms with Crippen LogP contribution in [0.1, 0.15) is 5.56 Å². The van der Waals surface area contributed by atoms with Gasteiger partial charge in [0.2, 0.25) is 5.91 Å². The van der Waals surface area contributed by atoms with Crippen molar-refractivity contribution in [2.24, 2.45) is 0 Å². The lowest BCUT2D eigenvalue weighted by molar-refractivity contribution is -0.384. The summed E-state index contributed by atoms with van der Waals surface area (Å²) in [6.45, 7) is 0.375. The Kier molecular flexibility index (Phi) is 5.97. The number of nitrogens with one attached hydrogen (secondary N) is 2. The molecule has 0 saturated carbocycles. The highest BCUT2D eigenvalue weighted by Gasteiger charge is 2.13. The molecule has 0 saturated heterocycles. The normalized spacial score (nSPS) is 10.1. The van der Waals surface area contributed by atoms with Crippen LogP contribution in [0.25, 0.3) is 0 Å². The van der Waals surface area contributed by atoms with E-state index in [0.717, 1.165) is 11.3 Å². The average molecular weight is 350 g/mol. The quantitative estimate of drug-likeness (QED) is 0.592. The number of ether oxygens (including phenoxy) is 1. The smallest absolute Gasteiger partial charge is 0.289 e. The van der Waals surface area contributed by atoms with Crippen LogP contribution in [0.3, 0.4) is 0 Å². The maximum absolute atomic E-state index is 11.8. The van der Waals surface area contributed by atoms with Gasteiger partial charge in [-0.05, 0) is 29.8 Å². The molecular weight excluding hydrogens is 334 g/mol. The minimum absolute atomic E-state index is 0.00502. The zero-order valence-corrected chi connectivity index (χ0v) is 13.7. The number of amides is 1. The number of hydrogen-bond donors (Lipinski definition) is 2. The Labute approximate surface area is 143 Å². The number of halogens is 1. The summed E-state index contributed by atoms with van der Waals surface area (Å²) in [5, 5.41) is 16.5. The fourth-order valence-corrected chi connectivity index (χ4v) is 2.14. The molecule has 0 heterocycles. The van der Waals surface area contributed by atoms with Crippen molar-refractivity contribution in [2.45, 2.75) is 6.54 Å². The molecule has 126 valence electrons. The monoisotopic (exact) mass is 349 g/mol. The number of carbonyl (C=O) groups is 1. The molecule has 0 atom stereocenters. The molecule has 0 aromatic heterocycles. The number of nitro groups is 1. The van der Waals surface area contributed by atoms with Gasteiger partial charge in [0.15, 0.2) is 0 Å². The molecule has 0 fully saturated rings. The Bertz CT molecular complexity index is 735. The molecule has 0 spiro atoms. The van der Waals surface area contributed by atoms with Gasteiger partial charge < -0.3 is 15.4 Å². The van der Waals surface area contributed by atoms with E-state index in [2.05, 4.69) is 10.6 Å². The first kappa shape index (κ1) is 17.6. The third kappa shape index (κ3) is 4.85. The summed E-state index contributed by atoms with van der Waals surface area (Å²) in [6.07, 6.45) is 0. The van der Waals surface area contributed by atoms with Crippen LogP contribution in [0.5, 0.6) is 5.75 Å². The second-order valence-electron chi connectivity index (χ2n) is 4.90. The van der Waals surface area contributed by atoms with Crippen LogP contribution in [0.15, 0.2) is 42.5 Å². The van der Waals surface area contributed by atoms with E-state index in [0.29, 0.717) is 12.2 Å². The van der Waals surface area contributed by atoms with Crippen molar-refractivity contribution in [3.8, 4) is 5.75 Å². The lowest BCUT2D eigenvalue weighted by Crippen LogP contribution is -2.29. The number of nitrogens with zero attached hydrogens (tertiary/aromatic N) is 1. The summed E-state index contributed by atoms with van der Waals surface area (Å²) >= 11 is 5.74. The van der Waals surface area contributed by atoms with E-state index < -0.39 is 4.92 Å². The third-order valence-electron chi connectivity index (χ3n) is 3.24. The highest BCUT2D eigenvalue weighted by Crippen LogP contribution is 2.27. The van der Waals surface area contributed by atoms with Gasteiger partial charge in [-0.2, -0.15) is 0 Å². The summed E-state index contributed by atoms with van der Waals surface area (Å²) in [6, 6.07) is 11.6. The molecule has 0 unspecified atom stereocenters. The lowest BCUT2D eigenvalue weighted by Gasteiger charge is -2.08. The molecule has 0 radical (unpaired) electrons. The molecule has 7 nitrogen and oxygen atoms in total. The molecule has 0 aliphatic carbocycles. The van der Waals surface area contributed by atoms with Crippen molar-refractivity contribution in [1.29, 1.82) is 0 Å². The molecule has 2 aromatic rings. The molecule has 24 heavy (non-hydrogen) atoms. The number of nitro benzene ring substituents is 1. The minimum Gasteiger partial charge on any atom is -0.497 e. The van der Waals surface area contributed by atoms with E-state index in [4.69, 9.17) is 16.3 Å². The molecule has 2 aromatic carbocycles. The summed E-state index contributed by atoms with van der Waals surface area (Å²) in [4.78, 5) is 22.1. The summed E-state index contributed by atoms with van der Waals surface area (Å²) in [5.74, 6) is 0.513. The molecule has 2 rings (SSSR count). The van der Waals surface area contributed by atoms with Crippen molar-refractivity contribution < 1.29 is 14.5 Å². The van der Waals surface area contributed by atoms with Gasteiger partial charge >= 0.3 is 0 Å². The highest BCUT2D eigenvalue weighted by atomic mass is 35.5. The Morgan fingerprint density at radius 3 is 2.58 bits per heavy atom. The van der Waals surface area contributed by atoms with Crippen LogP contribution >= 0.6 is 11.6 Å². The van der Waals surface area contributed by atoms with Gasteiger partial charge in [-0.1, -0.05) is 23.7 Å². The maximum Gasteiger partial charge on any atom is 0.289 e. The van der Waals surface area contributed by atoms with Crippen LogP contribution < -0.4 is 15.4 Å². The van der Waals surface area contributed by atoms with Gasteiger partial charge in [-0.25, -0.2) is 0 Å². The van der Waals surface area contributed by atoms with E-state index in [9.17, 15) is 14.9 Å². The molecule has 0 aliphatic heterocycles. The van der Waals surface area contributed by atoms with Gasteiger partial charge in [-0.3, -0.25) is 14.9 Å². The van der Waals surface area contributed by atoms with Crippen molar-refractivity contribution in [2.75, 3.05) is 19.0 Å². The molecule has 1 amide bonds. The largest absolute Gasteiger partial charge is 0.497 e. The Morgan fingerprint density at radius 2 is 1.96 bits per heavy atom. The number of anilines is 1. The Balaban J connectivity index is 1.84. The second-order valence-corrected chi connectivity index (χ2v) is 5.31. The highest BCUT2D eigenvalue weighted by molar-refractivity contribution is 6.32. The zero-order chi connectivity index (χ0) is 17.5. The van der Waals surface area contributed by atoms with Crippen LogP contribution in [0.4, 0.5) is 11.4 Å². The first-order valence-electron chi connectivity index (χ1n) is 7.07. The van der Waals surface area contributed by atoms with Crippen LogP contribution in [-0.2, 0) is 11.3 Å². The molecule has 0 bridgehead atoms. The Hall–Kier alpha value is -2.80. The predicted octanol–water partition coefficient (Wildman–Crippen LogP) is 2.99. The first-order valence-corrected chi connectivity index (χ1v) is 7.45. The van der Waals surface area contributed by atoms with Crippen molar-refractivity contribution >= 4 is 28.9 Å². The van der Waals surface area contributed by atoms with E-state index >= 15 is 0 Å². The van der Waals surface area contributed by atoms with Gasteiger partial charge in [0.05, 0.1) is 18.6 Å². The van der Waals surface area contributed by atoms with Crippen LogP contribution in [-0.4, -0.2) is 24.5 Å². The summed E-state index contributed by atoms with van der Waals surface area (Å²) in [5.41, 5.74) is 1.18. The topological polar surface area (TPSA) is 93.5 Å². The van der Waals surface area contributed by atoms with E-state index in [1.54, 1.807) is 13.2 Å². The van der Waals surface area contributed by atoms with E-state index in [1.165, 1.54) is 12.1 Å². The van der Waals surface area contributed by atoms with Crippen molar-refractivity contribution in [3.63, 3.8) is 0 Å². The minimum atomic E-state index is -0.572. The Morgan fingerprint density at radius 1 is 1.25 bits per heavy atom. The number of benzene rings is 2. The fraction of sp³-hybridized carbons (Fsp3) is 0.188. The zero-order valence-electron chi connectivity index (χ0n) is 12.9. The average Bonchev–Trinajstić information content (AvgIpc) is 2.59. The number of carbonyl (C=O) groups excluding carboxylic acids is 1. The first-order chi connectivity index (χ1) is 11.5. The van der Waals surface area contributed by atoms with E-state index in [-0.39, 0.29) is 23.2 Å². The van der Waals surface area contributed by atoms with E-state index in [1.807, 2.05) is 24.3 Å². The number of methoxy groups -OCH3 is 1. The SMILES string of the molecule is COc1ccc(CNC(=O)CNc2ccc(Cl)c([N+](=O)[O-])c2)cc1. The summed E-state index contributed by atoms with van der Waals surface area (Å²) in [7, 11) is 1.59. The molecule has 8 heteroatoms. The van der Waals surface area contributed by atoms with Gasteiger partial charge in [-0.15, -0.1) is 0 Å². The number of hydrogen-bond acceptors (Lipinski definition) is 5. The van der Waals surface area contributed by atoms with Crippen LogP contribution in [0.2, 0.25) is 5.02 Å².